The molecule has 1 aliphatic heterocycles. The maximum atomic E-state index is 12.0. The van der Waals surface area contributed by atoms with Gasteiger partial charge in [0.2, 0.25) is 6.79 Å². The number of carbonyl (C=O) groups excluding carboxylic acids is 1. The first-order valence-electron chi connectivity index (χ1n) is 6.31. The first-order valence-corrected chi connectivity index (χ1v) is 7.07. The zero-order valence-corrected chi connectivity index (χ0v) is 12.7. The van der Waals surface area contributed by atoms with Crippen LogP contribution >= 0.6 is 23.2 Å². The topological polar surface area (TPSA) is 59.9 Å². The highest BCUT2D eigenvalue weighted by Crippen LogP contribution is 2.32. The zero-order chi connectivity index (χ0) is 15.5. The van der Waals surface area contributed by atoms with Crippen molar-refractivity contribution in [2.45, 2.75) is 0 Å². The lowest BCUT2D eigenvalue weighted by Crippen LogP contribution is -2.17. The predicted molar refractivity (Wildman–Crippen MR) is 84.1 cm³/mol. The number of hydrazone groups is 1. The van der Waals surface area contributed by atoms with Gasteiger partial charge in [0.05, 0.1) is 16.3 Å². The molecule has 0 unspecified atom stereocenters. The number of halogens is 2. The molecule has 5 nitrogen and oxygen atoms in total. The Morgan fingerprint density at radius 1 is 1.09 bits per heavy atom. The SMILES string of the molecule is O=C(NN=Cc1ccc(Cl)c(Cl)c1)c1ccc2c(c1)OCO2. The molecule has 0 aromatic heterocycles. The number of ether oxygens (including phenoxy) is 2. The molecule has 0 fully saturated rings. The average Bonchev–Trinajstić information content (AvgIpc) is 2.98. The minimum atomic E-state index is -0.352. The average molecular weight is 337 g/mol. The summed E-state index contributed by atoms with van der Waals surface area (Å²) in [6.07, 6.45) is 1.48. The normalized spacial score (nSPS) is 12.6. The maximum absolute atomic E-state index is 12.0. The van der Waals surface area contributed by atoms with Crippen LogP contribution in [0.25, 0.3) is 0 Å². The van der Waals surface area contributed by atoms with Crippen molar-refractivity contribution in [1.29, 1.82) is 0 Å². The quantitative estimate of drug-likeness (QED) is 0.689. The second-order valence-electron chi connectivity index (χ2n) is 4.44. The highest BCUT2D eigenvalue weighted by molar-refractivity contribution is 6.42. The molecule has 0 spiro atoms. The van der Waals surface area contributed by atoms with Crippen LogP contribution in [0.4, 0.5) is 0 Å². The van der Waals surface area contributed by atoms with Crippen LogP contribution in [-0.2, 0) is 0 Å². The van der Waals surface area contributed by atoms with Gasteiger partial charge in [-0.1, -0.05) is 29.3 Å². The van der Waals surface area contributed by atoms with Crippen LogP contribution in [0.5, 0.6) is 11.5 Å². The summed E-state index contributed by atoms with van der Waals surface area (Å²) in [6, 6.07) is 9.97. The van der Waals surface area contributed by atoms with Crippen molar-refractivity contribution in [2.75, 3.05) is 6.79 Å². The third-order valence-corrected chi connectivity index (χ3v) is 3.70. The molecule has 1 aliphatic rings. The number of hydrogen-bond donors (Lipinski definition) is 1. The summed E-state index contributed by atoms with van der Waals surface area (Å²) in [7, 11) is 0. The Morgan fingerprint density at radius 2 is 1.91 bits per heavy atom. The van der Waals surface area contributed by atoms with E-state index in [1.54, 1.807) is 36.4 Å². The van der Waals surface area contributed by atoms with Crippen LogP contribution in [0.1, 0.15) is 15.9 Å². The summed E-state index contributed by atoms with van der Waals surface area (Å²) in [6.45, 7) is 0.163. The second kappa shape index (κ2) is 6.25. The molecule has 1 amide bonds. The van der Waals surface area contributed by atoms with Gasteiger partial charge in [0.15, 0.2) is 11.5 Å². The largest absolute Gasteiger partial charge is 0.454 e. The van der Waals surface area contributed by atoms with E-state index in [9.17, 15) is 4.79 Å². The number of rotatable bonds is 3. The molecule has 0 radical (unpaired) electrons. The van der Waals surface area contributed by atoms with Gasteiger partial charge in [0, 0.05) is 5.56 Å². The van der Waals surface area contributed by atoms with Gasteiger partial charge in [-0.05, 0) is 35.9 Å². The molecule has 7 heteroatoms. The number of carbonyl (C=O) groups is 1. The van der Waals surface area contributed by atoms with E-state index in [1.807, 2.05) is 0 Å². The summed E-state index contributed by atoms with van der Waals surface area (Å²) < 4.78 is 10.4. The summed E-state index contributed by atoms with van der Waals surface area (Å²) >= 11 is 11.7. The maximum Gasteiger partial charge on any atom is 0.271 e. The first kappa shape index (κ1) is 14.7. The Balaban J connectivity index is 1.66. The van der Waals surface area contributed by atoms with Crippen LogP contribution in [0.2, 0.25) is 10.0 Å². The van der Waals surface area contributed by atoms with Gasteiger partial charge in [-0.3, -0.25) is 4.79 Å². The fourth-order valence-electron chi connectivity index (χ4n) is 1.86. The van der Waals surface area contributed by atoms with Crippen LogP contribution < -0.4 is 14.9 Å². The number of nitrogens with zero attached hydrogens (tertiary/aromatic N) is 1. The molecule has 0 aliphatic carbocycles. The van der Waals surface area contributed by atoms with E-state index in [0.29, 0.717) is 27.1 Å². The highest BCUT2D eigenvalue weighted by Gasteiger charge is 2.15. The highest BCUT2D eigenvalue weighted by atomic mass is 35.5. The number of amides is 1. The lowest BCUT2D eigenvalue weighted by molar-refractivity contribution is 0.0954. The molecule has 0 bridgehead atoms. The van der Waals surface area contributed by atoms with E-state index in [1.165, 1.54) is 6.21 Å². The third-order valence-electron chi connectivity index (χ3n) is 2.96. The molecule has 0 atom stereocenters. The number of benzene rings is 2. The first-order chi connectivity index (χ1) is 10.6. The molecule has 3 rings (SSSR count). The summed E-state index contributed by atoms with van der Waals surface area (Å²) in [5.74, 6) is 0.812. The Morgan fingerprint density at radius 3 is 2.73 bits per heavy atom. The minimum Gasteiger partial charge on any atom is -0.454 e. The molecular formula is C15H10Cl2N2O3. The van der Waals surface area contributed by atoms with Crippen LogP contribution in [0, 0.1) is 0 Å². The summed E-state index contributed by atoms with van der Waals surface area (Å²) in [4.78, 5) is 12.0. The summed E-state index contributed by atoms with van der Waals surface area (Å²) in [5.41, 5.74) is 3.58. The second-order valence-corrected chi connectivity index (χ2v) is 5.26. The van der Waals surface area contributed by atoms with Gasteiger partial charge in [-0.25, -0.2) is 5.43 Å². The fourth-order valence-corrected chi connectivity index (χ4v) is 2.17. The van der Waals surface area contributed by atoms with Crippen molar-refractivity contribution >= 4 is 35.3 Å². The van der Waals surface area contributed by atoms with Crippen LogP contribution in [0.15, 0.2) is 41.5 Å². The van der Waals surface area contributed by atoms with E-state index in [0.717, 1.165) is 5.56 Å². The van der Waals surface area contributed by atoms with Gasteiger partial charge in [0.25, 0.3) is 5.91 Å². The smallest absolute Gasteiger partial charge is 0.271 e. The molecule has 22 heavy (non-hydrogen) atoms. The predicted octanol–water partition coefficient (Wildman–Crippen LogP) is 3.49. The number of nitrogens with one attached hydrogen (secondary N) is 1. The van der Waals surface area contributed by atoms with Crippen LogP contribution in [0.3, 0.4) is 0 Å². The molecule has 1 N–H and O–H groups in total. The lowest BCUT2D eigenvalue weighted by atomic mass is 10.2. The Labute approximate surface area is 136 Å². The van der Waals surface area contributed by atoms with Gasteiger partial charge >= 0.3 is 0 Å². The molecule has 2 aromatic rings. The molecule has 1 heterocycles. The van der Waals surface area contributed by atoms with Gasteiger partial charge in [-0.2, -0.15) is 5.10 Å². The van der Waals surface area contributed by atoms with Crippen molar-refractivity contribution in [3.05, 3.63) is 57.6 Å². The molecule has 0 saturated heterocycles. The van der Waals surface area contributed by atoms with E-state index in [-0.39, 0.29) is 12.7 Å². The Kier molecular flexibility index (Phi) is 4.18. The van der Waals surface area contributed by atoms with Crippen molar-refractivity contribution in [3.8, 4) is 11.5 Å². The van der Waals surface area contributed by atoms with Crippen molar-refractivity contribution in [3.63, 3.8) is 0 Å². The fraction of sp³-hybridized carbons (Fsp3) is 0.0667. The van der Waals surface area contributed by atoms with Crippen molar-refractivity contribution < 1.29 is 14.3 Å². The van der Waals surface area contributed by atoms with Crippen molar-refractivity contribution in [2.24, 2.45) is 5.10 Å². The van der Waals surface area contributed by atoms with Crippen molar-refractivity contribution in [1.82, 2.24) is 5.43 Å². The molecule has 112 valence electrons. The lowest BCUT2D eigenvalue weighted by Gasteiger charge is -2.02. The van der Waals surface area contributed by atoms with E-state index in [4.69, 9.17) is 32.7 Å². The Bertz CT molecular complexity index is 762. The standard InChI is InChI=1S/C15H10Cl2N2O3/c16-11-3-1-9(5-12(11)17)7-18-19-15(20)10-2-4-13-14(6-10)22-8-21-13/h1-7H,8H2,(H,19,20). The van der Waals surface area contributed by atoms with Crippen LogP contribution in [-0.4, -0.2) is 18.9 Å². The monoisotopic (exact) mass is 336 g/mol. The molecular weight excluding hydrogens is 327 g/mol. The molecule has 0 saturated carbocycles. The van der Waals surface area contributed by atoms with E-state index in [2.05, 4.69) is 10.5 Å². The number of hydrogen-bond acceptors (Lipinski definition) is 4. The zero-order valence-electron chi connectivity index (χ0n) is 11.2. The third kappa shape index (κ3) is 3.16. The minimum absolute atomic E-state index is 0.163. The Hall–Kier alpha value is -2.24. The van der Waals surface area contributed by atoms with E-state index >= 15 is 0 Å². The van der Waals surface area contributed by atoms with Gasteiger partial charge in [-0.15, -0.1) is 0 Å². The molecule has 2 aromatic carbocycles. The van der Waals surface area contributed by atoms with Gasteiger partial charge < -0.3 is 9.47 Å². The van der Waals surface area contributed by atoms with Gasteiger partial charge in [0.1, 0.15) is 0 Å². The number of fused-ring (bicyclic) bond motifs is 1. The van der Waals surface area contributed by atoms with E-state index < -0.39 is 0 Å². The summed E-state index contributed by atoms with van der Waals surface area (Å²) in [5, 5.41) is 4.77.